The van der Waals surface area contributed by atoms with Crippen LogP contribution in [0.2, 0.25) is 0 Å². The molecule has 0 spiro atoms. The molecule has 0 aliphatic heterocycles. The minimum atomic E-state index is -0.193. The number of rotatable bonds is 2. The molecule has 2 N–H and O–H groups in total. The molecule has 0 unspecified atom stereocenters. The summed E-state index contributed by atoms with van der Waals surface area (Å²) in [6.45, 7) is 0. The average Bonchev–Trinajstić information content (AvgIpc) is 2.48. The number of aromatic hydroxyl groups is 1. The fourth-order valence-electron chi connectivity index (χ4n) is 2.12. The van der Waals surface area contributed by atoms with E-state index in [-0.39, 0.29) is 11.7 Å². The van der Waals surface area contributed by atoms with Crippen molar-refractivity contribution in [3.8, 4) is 5.75 Å². The summed E-state index contributed by atoms with van der Waals surface area (Å²) in [6.07, 6.45) is 0. The molecule has 0 radical (unpaired) electrons. The number of carbonyl (C=O) groups is 1. The van der Waals surface area contributed by atoms with Crippen LogP contribution in [0.15, 0.2) is 66.7 Å². The van der Waals surface area contributed by atoms with Gasteiger partial charge in [-0.3, -0.25) is 4.79 Å². The number of amides is 1. The zero-order valence-corrected chi connectivity index (χ0v) is 10.7. The normalized spacial score (nSPS) is 10.4. The zero-order chi connectivity index (χ0) is 13.9. The Labute approximate surface area is 116 Å². The fraction of sp³-hybridized carbons (Fsp3) is 0. The minimum Gasteiger partial charge on any atom is -0.507 e. The number of anilines is 1. The zero-order valence-electron chi connectivity index (χ0n) is 10.7. The summed E-state index contributed by atoms with van der Waals surface area (Å²) in [4.78, 5) is 12.2. The lowest BCUT2D eigenvalue weighted by atomic mass is 10.1. The first kappa shape index (κ1) is 12.2. The Balaban J connectivity index is 1.94. The molecule has 3 aromatic carbocycles. The molecule has 0 heterocycles. The number of nitrogens with one attached hydrogen (secondary N) is 1. The largest absolute Gasteiger partial charge is 0.507 e. The standard InChI is InChI=1S/C17H13NO2/c19-16-8-4-5-12-9-10-13(11-15(12)16)17(20)18-14-6-2-1-3-7-14/h1-11,19H,(H,18,20). The number of carbonyl (C=O) groups excluding carboxylic acids is 1. The van der Waals surface area contributed by atoms with Crippen LogP contribution in [0, 0.1) is 0 Å². The fourth-order valence-corrected chi connectivity index (χ4v) is 2.12. The van der Waals surface area contributed by atoms with Crippen molar-refractivity contribution >= 4 is 22.4 Å². The molecule has 98 valence electrons. The van der Waals surface area contributed by atoms with Crippen molar-refractivity contribution < 1.29 is 9.90 Å². The van der Waals surface area contributed by atoms with Crippen molar-refractivity contribution in [2.24, 2.45) is 0 Å². The lowest BCUT2D eigenvalue weighted by Crippen LogP contribution is -2.11. The van der Waals surface area contributed by atoms with E-state index < -0.39 is 0 Å². The van der Waals surface area contributed by atoms with Crippen LogP contribution < -0.4 is 5.32 Å². The SMILES string of the molecule is O=C(Nc1ccccc1)c1ccc2cccc(O)c2c1. The van der Waals surface area contributed by atoms with Gasteiger partial charge in [0, 0.05) is 16.6 Å². The number of fused-ring (bicyclic) bond motifs is 1. The van der Waals surface area contributed by atoms with E-state index in [0.717, 1.165) is 11.1 Å². The molecule has 0 saturated heterocycles. The Morgan fingerprint density at radius 2 is 1.70 bits per heavy atom. The topological polar surface area (TPSA) is 49.3 Å². The summed E-state index contributed by atoms with van der Waals surface area (Å²) in [5, 5.41) is 14.2. The lowest BCUT2D eigenvalue weighted by molar-refractivity contribution is 0.102. The number of hydrogen-bond donors (Lipinski definition) is 2. The van der Waals surface area contributed by atoms with Crippen molar-refractivity contribution in [1.29, 1.82) is 0 Å². The van der Waals surface area contributed by atoms with Gasteiger partial charge in [-0.25, -0.2) is 0 Å². The van der Waals surface area contributed by atoms with Crippen molar-refractivity contribution in [3.63, 3.8) is 0 Å². The molecule has 0 saturated carbocycles. The maximum Gasteiger partial charge on any atom is 0.255 e. The lowest BCUT2D eigenvalue weighted by Gasteiger charge is -2.07. The van der Waals surface area contributed by atoms with E-state index >= 15 is 0 Å². The average molecular weight is 263 g/mol. The molecule has 0 atom stereocenters. The summed E-state index contributed by atoms with van der Waals surface area (Å²) in [5.41, 5.74) is 1.26. The van der Waals surface area contributed by atoms with Gasteiger partial charge in [-0.2, -0.15) is 0 Å². The van der Waals surface area contributed by atoms with E-state index in [1.54, 1.807) is 24.3 Å². The van der Waals surface area contributed by atoms with Gasteiger partial charge in [0.05, 0.1) is 0 Å². The first-order valence-corrected chi connectivity index (χ1v) is 6.32. The number of phenols is 1. The van der Waals surface area contributed by atoms with Gasteiger partial charge in [0.15, 0.2) is 0 Å². The van der Waals surface area contributed by atoms with E-state index in [1.165, 1.54) is 0 Å². The van der Waals surface area contributed by atoms with Crippen LogP contribution >= 0.6 is 0 Å². The van der Waals surface area contributed by atoms with E-state index in [9.17, 15) is 9.90 Å². The van der Waals surface area contributed by atoms with E-state index in [1.807, 2.05) is 42.5 Å². The van der Waals surface area contributed by atoms with Crippen LogP contribution in [0.5, 0.6) is 5.75 Å². The van der Waals surface area contributed by atoms with Crippen LogP contribution in [-0.2, 0) is 0 Å². The van der Waals surface area contributed by atoms with Crippen LogP contribution in [0.4, 0.5) is 5.69 Å². The van der Waals surface area contributed by atoms with Gasteiger partial charge in [-0.15, -0.1) is 0 Å². The molecule has 0 aliphatic rings. The smallest absolute Gasteiger partial charge is 0.255 e. The molecule has 3 heteroatoms. The first-order valence-electron chi connectivity index (χ1n) is 6.32. The Morgan fingerprint density at radius 3 is 2.50 bits per heavy atom. The van der Waals surface area contributed by atoms with Crippen molar-refractivity contribution in [2.75, 3.05) is 5.32 Å². The quantitative estimate of drug-likeness (QED) is 0.738. The molecule has 3 rings (SSSR count). The summed E-state index contributed by atoms with van der Waals surface area (Å²) < 4.78 is 0. The Bertz CT molecular complexity index is 766. The van der Waals surface area contributed by atoms with Crippen LogP contribution in [0.25, 0.3) is 10.8 Å². The molecule has 20 heavy (non-hydrogen) atoms. The van der Waals surface area contributed by atoms with E-state index in [2.05, 4.69) is 5.32 Å². The molecule has 1 amide bonds. The minimum absolute atomic E-state index is 0.178. The molecule has 3 nitrogen and oxygen atoms in total. The van der Waals surface area contributed by atoms with Crippen LogP contribution in [0.1, 0.15) is 10.4 Å². The van der Waals surface area contributed by atoms with Crippen LogP contribution in [-0.4, -0.2) is 11.0 Å². The molecular formula is C17H13NO2. The highest BCUT2D eigenvalue weighted by Crippen LogP contribution is 2.25. The summed E-state index contributed by atoms with van der Waals surface area (Å²) >= 11 is 0. The van der Waals surface area contributed by atoms with Crippen molar-refractivity contribution in [1.82, 2.24) is 0 Å². The Hall–Kier alpha value is -2.81. The summed E-state index contributed by atoms with van der Waals surface area (Å²) in [7, 11) is 0. The molecule has 0 aliphatic carbocycles. The van der Waals surface area contributed by atoms with Gasteiger partial charge < -0.3 is 10.4 Å². The first-order chi connectivity index (χ1) is 9.74. The van der Waals surface area contributed by atoms with Gasteiger partial charge >= 0.3 is 0 Å². The van der Waals surface area contributed by atoms with Crippen LogP contribution in [0.3, 0.4) is 0 Å². The van der Waals surface area contributed by atoms with Crippen molar-refractivity contribution in [2.45, 2.75) is 0 Å². The number of hydrogen-bond acceptors (Lipinski definition) is 2. The highest BCUT2D eigenvalue weighted by molar-refractivity contribution is 6.07. The number of benzene rings is 3. The predicted octanol–water partition coefficient (Wildman–Crippen LogP) is 3.80. The van der Waals surface area contributed by atoms with Gasteiger partial charge in [0.2, 0.25) is 0 Å². The van der Waals surface area contributed by atoms with Crippen molar-refractivity contribution in [3.05, 3.63) is 72.3 Å². The second-order valence-corrected chi connectivity index (χ2v) is 4.53. The molecule has 0 fully saturated rings. The highest BCUT2D eigenvalue weighted by atomic mass is 16.3. The number of para-hydroxylation sites is 1. The Kier molecular flexibility index (Phi) is 3.09. The molecule has 0 aromatic heterocycles. The third-order valence-corrected chi connectivity index (χ3v) is 3.15. The van der Waals surface area contributed by atoms with Gasteiger partial charge in [-0.1, -0.05) is 36.4 Å². The molecule has 0 bridgehead atoms. The van der Waals surface area contributed by atoms with Gasteiger partial charge in [0.1, 0.15) is 5.75 Å². The van der Waals surface area contributed by atoms with Gasteiger partial charge in [0.25, 0.3) is 5.91 Å². The van der Waals surface area contributed by atoms with E-state index in [4.69, 9.17) is 0 Å². The van der Waals surface area contributed by atoms with E-state index in [0.29, 0.717) is 10.9 Å². The predicted molar refractivity (Wildman–Crippen MR) is 80.0 cm³/mol. The molecular weight excluding hydrogens is 250 g/mol. The molecule has 3 aromatic rings. The second-order valence-electron chi connectivity index (χ2n) is 4.53. The maximum absolute atomic E-state index is 12.2. The second kappa shape index (κ2) is 5.05. The van der Waals surface area contributed by atoms with Gasteiger partial charge in [-0.05, 0) is 35.7 Å². The maximum atomic E-state index is 12.2. The Morgan fingerprint density at radius 1 is 0.900 bits per heavy atom. The highest BCUT2D eigenvalue weighted by Gasteiger charge is 2.08. The number of phenolic OH excluding ortho intramolecular Hbond substituents is 1. The summed E-state index contributed by atoms with van der Waals surface area (Å²) in [5.74, 6) is -0.0155. The third kappa shape index (κ3) is 2.34. The summed E-state index contributed by atoms with van der Waals surface area (Å²) in [6, 6.07) is 19.8. The monoisotopic (exact) mass is 263 g/mol. The third-order valence-electron chi connectivity index (χ3n) is 3.15.